The Labute approximate surface area is 146 Å². The van der Waals surface area contributed by atoms with E-state index in [1.54, 1.807) is 18.9 Å². The molecule has 0 aliphatic carbocycles. The van der Waals surface area contributed by atoms with E-state index in [1.165, 1.54) is 11.8 Å². The minimum Gasteiger partial charge on any atom is -0.497 e. The standard InChI is InChI=1S/C19H21NO5/c1-12-11-25-16(9-17(21)22)18(12)19(23)20-7-3-4-13-8-15(24-2)6-5-14(13)10-20/h5-6,8,11H,3-4,7,9-10H2,1-2H3,(H,21,22). The Balaban J connectivity index is 1.88. The molecule has 1 N–H and O–H groups in total. The Bertz CT molecular complexity index is 808. The van der Waals surface area contributed by atoms with Crippen molar-refractivity contribution in [3.05, 3.63) is 52.5 Å². The van der Waals surface area contributed by atoms with E-state index in [0.717, 1.165) is 24.2 Å². The second-order valence-corrected chi connectivity index (χ2v) is 6.25. The van der Waals surface area contributed by atoms with Crippen LogP contribution in [0.2, 0.25) is 0 Å². The number of carbonyl (C=O) groups is 2. The van der Waals surface area contributed by atoms with Crippen molar-refractivity contribution in [2.75, 3.05) is 13.7 Å². The molecule has 132 valence electrons. The van der Waals surface area contributed by atoms with Crippen LogP contribution >= 0.6 is 0 Å². The molecule has 0 saturated heterocycles. The molecule has 0 unspecified atom stereocenters. The topological polar surface area (TPSA) is 80.0 Å². The number of benzene rings is 1. The molecule has 1 aromatic carbocycles. The quantitative estimate of drug-likeness (QED) is 0.923. The van der Waals surface area contributed by atoms with E-state index in [4.69, 9.17) is 14.3 Å². The molecule has 2 aromatic rings. The number of rotatable bonds is 4. The van der Waals surface area contributed by atoms with E-state index in [0.29, 0.717) is 24.2 Å². The summed E-state index contributed by atoms with van der Waals surface area (Å²) in [5.74, 6) is -0.162. The lowest BCUT2D eigenvalue weighted by atomic mass is 10.0. The van der Waals surface area contributed by atoms with Crippen molar-refractivity contribution in [3.8, 4) is 5.75 Å². The van der Waals surface area contributed by atoms with Crippen molar-refractivity contribution < 1.29 is 23.8 Å². The van der Waals surface area contributed by atoms with Crippen LogP contribution < -0.4 is 4.74 Å². The number of carboxylic acid groups (broad SMARTS) is 1. The molecule has 1 aromatic heterocycles. The lowest BCUT2D eigenvalue weighted by Gasteiger charge is -2.21. The van der Waals surface area contributed by atoms with E-state index >= 15 is 0 Å². The van der Waals surface area contributed by atoms with Gasteiger partial charge in [0.15, 0.2) is 0 Å². The van der Waals surface area contributed by atoms with Crippen LogP contribution in [0.25, 0.3) is 0 Å². The van der Waals surface area contributed by atoms with Gasteiger partial charge in [0, 0.05) is 18.7 Å². The average Bonchev–Trinajstić information content (AvgIpc) is 2.81. The van der Waals surface area contributed by atoms with Gasteiger partial charge in [-0.05, 0) is 43.0 Å². The zero-order chi connectivity index (χ0) is 18.0. The molecule has 0 saturated carbocycles. The number of aryl methyl sites for hydroxylation is 2. The molecule has 0 fully saturated rings. The predicted octanol–water partition coefficient (Wildman–Crippen LogP) is 2.81. The Morgan fingerprint density at radius 1 is 1.32 bits per heavy atom. The number of carboxylic acids is 1. The zero-order valence-corrected chi connectivity index (χ0v) is 14.4. The lowest BCUT2D eigenvalue weighted by Crippen LogP contribution is -2.31. The SMILES string of the molecule is COc1ccc2c(c1)CCCN(C(=O)c1c(C)coc1CC(=O)O)C2. The molecule has 6 nitrogen and oxygen atoms in total. The van der Waals surface area contributed by atoms with Gasteiger partial charge in [0.25, 0.3) is 5.91 Å². The Morgan fingerprint density at radius 2 is 2.12 bits per heavy atom. The first-order chi connectivity index (χ1) is 12.0. The third-order valence-corrected chi connectivity index (χ3v) is 4.51. The number of ether oxygens (including phenoxy) is 1. The highest BCUT2D eigenvalue weighted by Crippen LogP contribution is 2.26. The summed E-state index contributed by atoms with van der Waals surface area (Å²) < 4.78 is 10.6. The van der Waals surface area contributed by atoms with Gasteiger partial charge in [-0.25, -0.2) is 0 Å². The fourth-order valence-corrected chi connectivity index (χ4v) is 3.25. The van der Waals surface area contributed by atoms with Crippen molar-refractivity contribution in [1.82, 2.24) is 4.90 Å². The summed E-state index contributed by atoms with van der Waals surface area (Å²) in [4.78, 5) is 25.8. The van der Waals surface area contributed by atoms with E-state index in [9.17, 15) is 9.59 Å². The Kier molecular flexibility index (Phi) is 4.79. The molecule has 1 aliphatic heterocycles. The fraction of sp³-hybridized carbons (Fsp3) is 0.368. The van der Waals surface area contributed by atoms with Crippen molar-refractivity contribution in [2.45, 2.75) is 32.7 Å². The summed E-state index contributed by atoms with van der Waals surface area (Å²) in [5, 5.41) is 9.02. The van der Waals surface area contributed by atoms with E-state index in [1.807, 2.05) is 18.2 Å². The number of nitrogens with zero attached hydrogens (tertiary/aromatic N) is 1. The summed E-state index contributed by atoms with van der Waals surface area (Å²) in [6, 6.07) is 5.90. The van der Waals surface area contributed by atoms with Crippen LogP contribution in [0.5, 0.6) is 5.75 Å². The van der Waals surface area contributed by atoms with Crippen LogP contribution in [0.3, 0.4) is 0 Å². The smallest absolute Gasteiger partial charge is 0.311 e. The second kappa shape index (κ2) is 7.01. The number of hydrogen-bond donors (Lipinski definition) is 1. The first-order valence-electron chi connectivity index (χ1n) is 8.23. The molecule has 2 heterocycles. The Morgan fingerprint density at radius 3 is 2.84 bits per heavy atom. The van der Waals surface area contributed by atoms with Crippen LogP contribution in [-0.2, 0) is 24.2 Å². The molecule has 25 heavy (non-hydrogen) atoms. The average molecular weight is 343 g/mol. The first-order valence-corrected chi connectivity index (χ1v) is 8.23. The zero-order valence-electron chi connectivity index (χ0n) is 14.4. The minimum atomic E-state index is -1.02. The number of fused-ring (bicyclic) bond motifs is 1. The second-order valence-electron chi connectivity index (χ2n) is 6.25. The van der Waals surface area contributed by atoms with Crippen LogP contribution in [0.1, 0.15) is 39.2 Å². The number of amides is 1. The summed E-state index contributed by atoms with van der Waals surface area (Å²) in [5.41, 5.74) is 3.32. The molecule has 0 radical (unpaired) electrons. The molecule has 3 rings (SSSR count). The van der Waals surface area contributed by atoms with Gasteiger partial charge in [-0.1, -0.05) is 6.07 Å². The Hall–Kier alpha value is -2.76. The number of aliphatic carboxylic acids is 1. The lowest BCUT2D eigenvalue weighted by molar-refractivity contribution is -0.136. The maximum atomic E-state index is 13.0. The summed E-state index contributed by atoms with van der Waals surface area (Å²) >= 11 is 0. The van der Waals surface area contributed by atoms with Crippen LogP contribution in [0, 0.1) is 6.92 Å². The highest BCUT2D eigenvalue weighted by atomic mass is 16.5. The van der Waals surface area contributed by atoms with Gasteiger partial charge in [0.2, 0.25) is 0 Å². The molecule has 1 aliphatic rings. The normalized spacial score (nSPS) is 13.9. The maximum Gasteiger partial charge on any atom is 0.311 e. The van der Waals surface area contributed by atoms with E-state index < -0.39 is 5.97 Å². The van der Waals surface area contributed by atoms with Gasteiger partial charge < -0.3 is 19.2 Å². The summed E-state index contributed by atoms with van der Waals surface area (Å²) in [7, 11) is 1.64. The molecular weight excluding hydrogens is 322 g/mol. The molecule has 0 atom stereocenters. The third-order valence-electron chi connectivity index (χ3n) is 4.51. The monoisotopic (exact) mass is 343 g/mol. The minimum absolute atomic E-state index is 0.175. The van der Waals surface area contributed by atoms with Crippen LogP contribution in [-0.4, -0.2) is 35.5 Å². The molecule has 1 amide bonds. The van der Waals surface area contributed by atoms with Crippen molar-refractivity contribution in [2.24, 2.45) is 0 Å². The number of methoxy groups -OCH3 is 1. The molecule has 0 bridgehead atoms. The fourth-order valence-electron chi connectivity index (χ4n) is 3.25. The summed E-state index contributed by atoms with van der Waals surface area (Å²) in [6.07, 6.45) is 2.87. The first kappa shape index (κ1) is 17.1. The van der Waals surface area contributed by atoms with E-state index in [2.05, 4.69) is 0 Å². The van der Waals surface area contributed by atoms with E-state index in [-0.39, 0.29) is 18.1 Å². The van der Waals surface area contributed by atoms with Crippen LogP contribution in [0.15, 0.2) is 28.9 Å². The highest BCUT2D eigenvalue weighted by molar-refractivity contribution is 5.97. The maximum absolute atomic E-state index is 13.0. The number of furan rings is 1. The van der Waals surface area contributed by atoms with Gasteiger partial charge in [0.05, 0.1) is 18.9 Å². The summed E-state index contributed by atoms with van der Waals surface area (Å²) in [6.45, 7) is 2.88. The number of hydrogen-bond acceptors (Lipinski definition) is 4. The van der Waals surface area contributed by atoms with Gasteiger partial charge in [-0.2, -0.15) is 0 Å². The van der Waals surface area contributed by atoms with Gasteiger partial charge in [-0.15, -0.1) is 0 Å². The van der Waals surface area contributed by atoms with Crippen molar-refractivity contribution in [3.63, 3.8) is 0 Å². The van der Waals surface area contributed by atoms with Gasteiger partial charge in [0.1, 0.15) is 17.9 Å². The number of carbonyl (C=O) groups excluding carboxylic acids is 1. The van der Waals surface area contributed by atoms with Gasteiger partial charge >= 0.3 is 5.97 Å². The molecule has 6 heteroatoms. The van der Waals surface area contributed by atoms with Crippen LogP contribution in [0.4, 0.5) is 0 Å². The highest BCUT2D eigenvalue weighted by Gasteiger charge is 2.26. The molecule has 0 spiro atoms. The molecular formula is C19H21NO5. The predicted molar refractivity (Wildman–Crippen MR) is 90.8 cm³/mol. The van der Waals surface area contributed by atoms with Gasteiger partial charge in [-0.3, -0.25) is 9.59 Å². The van der Waals surface area contributed by atoms with Crippen molar-refractivity contribution in [1.29, 1.82) is 0 Å². The largest absolute Gasteiger partial charge is 0.497 e. The third kappa shape index (κ3) is 3.52. The van der Waals surface area contributed by atoms with Crippen molar-refractivity contribution >= 4 is 11.9 Å².